The molecule has 162 valence electrons. The minimum absolute atomic E-state index is 0.00105. The van der Waals surface area contributed by atoms with Crippen molar-refractivity contribution >= 4 is 16.8 Å². The van der Waals surface area contributed by atoms with Gasteiger partial charge in [-0.3, -0.25) is 9.69 Å². The van der Waals surface area contributed by atoms with Gasteiger partial charge in [0.15, 0.2) is 0 Å². The van der Waals surface area contributed by atoms with Crippen LogP contribution in [0.5, 0.6) is 0 Å². The normalized spacial score (nSPS) is 21.7. The zero-order valence-corrected chi connectivity index (χ0v) is 17.9. The van der Waals surface area contributed by atoms with E-state index in [1.54, 1.807) is 12.1 Å². The lowest BCUT2D eigenvalue weighted by Crippen LogP contribution is -2.38. The van der Waals surface area contributed by atoms with Crippen molar-refractivity contribution in [3.05, 3.63) is 71.2 Å². The number of carbonyl (C=O) groups is 1. The summed E-state index contributed by atoms with van der Waals surface area (Å²) in [6.45, 7) is 3.00. The van der Waals surface area contributed by atoms with Crippen LogP contribution >= 0.6 is 0 Å². The fourth-order valence-electron chi connectivity index (χ4n) is 5.19. The molecule has 1 amide bonds. The quantitative estimate of drug-likeness (QED) is 0.608. The summed E-state index contributed by atoms with van der Waals surface area (Å²) >= 11 is 0. The van der Waals surface area contributed by atoms with Crippen molar-refractivity contribution in [2.24, 2.45) is 5.92 Å². The van der Waals surface area contributed by atoms with E-state index in [-0.39, 0.29) is 17.8 Å². The molecule has 2 aromatic carbocycles. The smallest absolute Gasteiger partial charge is 0.267 e. The summed E-state index contributed by atoms with van der Waals surface area (Å²) in [6.07, 6.45) is 6.62. The highest BCUT2D eigenvalue weighted by Crippen LogP contribution is 2.28. The van der Waals surface area contributed by atoms with Gasteiger partial charge < -0.3 is 10.3 Å². The second-order valence-corrected chi connectivity index (χ2v) is 9.19. The van der Waals surface area contributed by atoms with Gasteiger partial charge in [0.1, 0.15) is 11.5 Å². The van der Waals surface area contributed by atoms with Crippen LogP contribution in [-0.4, -0.2) is 34.9 Å². The van der Waals surface area contributed by atoms with Crippen LogP contribution in [0.25, 0.3) is 10.9 Å². The third-order valence-electron chi connectivity index (χ3n) is 7.07. The molecule has 1 aliphatic carbocycles. The lowest BCUT2D eigenvalue weighted by Gasteiger charge is -2.33. The average Bonchev–Trinajstić information content (AvgIpc) is 3.23. The number of rotatable bonds is 5. The third kappa shape index (κ3) is 4.67. The molecule has 0 saturated heterocycles. The maximum Gasteiger partial charge on any atom is 0.267 e. The summed E-state index contributed by atoms with van der Waals surface area (Å²) in [7, 11) is 0. The highest BCUT2D eigenvalue weighted by Gasteiger charge is 2.24. The molecule has 3 aromatic rings. The Hall–Kier alpha value is -2.66. The van der Waals surface area contributed by atoms with Gasteiger partial charge >= 0.3 is 0 Å². The van der Waals surface area contributed by atoms with Gasteiger partial charge in [-0.05, 0) is 86.4 Å². The van der Waals surface area contributed by atoms with E-state index in [4.69, 9.17) is 0 Å². The summed E-state index contributed by atoms with van der Waals surface area (Å²) in [5, 5.41) is 4.29. The first-order valence-electron chi connectivity index (χ1n) is 11.5. The Kier molecular flexibility index (Phi) is 5.77. The van der Waals surface area contributed by atoms with Crippen molar-refractivity contribution < 1.29 is 9.18 Å². The number of halogens is 1. The molecule has 31 heavy (non-hydrogen) atoms. The molecule has 0 unspecified atom stereocenters. The molecule has 2 aliphatic rings. The Morgan fingerprint density at radius 3 is 2.74 bits per heavy atom. The topological polar surface area (TPSA) is 48.1 Å². The Morgan fingerprint density at radius 1 is 1.06 bits per heavy atom. The van der Waals surface area contributed by atoms with E-state index in [0.29, 0.717) is 5.69 Å². The fraction of sp³-hybridized carbons (Fsp3) is 0.423. The maximum atomic E-state index is 13.5. The Morgan fingerprint density at radius 2 is 1.90 bits per heavy atom. The molecule has 2 heterocycles. The molecule has 1 fully saturated rings. The predicted octanol–water partition coefficient (Wildman–Crippen LogP) is 5.04. The molecule has 4 nitrogen and oxygen atoms in total. The summed E-state index contributed by atoms with van der Waals surface area (Å²) in [6, 6.07) is 15.4. The number of nitrogens with zero attached hydrogens (tertiary/aromatic N) is 1. The average molecular weight is 420 g/mol. The number of benzene rings is 2. The van der Waals surface area contributed by atoms with Gasteiger partial charge in [0.25, 0.3) is 5.91 Å². The van der Waals surface area contributed by atoms with E-state index >= 15 is 0 Å². The van der Waals surface area contributed by atoms with E-state index < -0.39 is 0 Å². The van der Waals surface area contributed by atoms with Crippen molar-refractivity contribution in [1.29, 1.82) is 0 Å². The number of amides is 1. The molecule has 5 heteroatoms. The van der Waals surface area contributed by atoms with Gasteiger partial charge in [0, 0.05) is 30.0 Å². The molecule has 5 rings (SSSR count). The zero-order valence-electron chi connectivity index (χ0n) is 17.9. The largest absolute Gasteiger partial charge is 0.351 e. The van der Waals surface area contributed by atoms with E-state index in [1.165, 1.54) is 12.0 Å². The molecule has 0 radical (unpaired) electrons. The first kappa shape index (κ1) is 20.3. The minimum Gasteiger partial charge on any atom is -0.351 e. The molecule has 1 aliphatic heterocycles. The highest BCUT2D eigenvalue weighted by atomic mass is 19.1. The number of aromatic nitrogens is 1. The first-order chi connectivity index (χ1) is 15.1. The molecule has 0 atom stereocenters. The number of hydrogen-bond acceptors (Lipinski definition) is 2. The number of carbonyl (C=O) groups excluding carboxylic acids is 1. The lowest BCUT2D eigenvalue weighted by atomic mass is 9.84. The monoisotopic (exact) mass is 419 g/mol. The standard InChI is InChI=1S/C26H30FN3O/c27-22-8-7-19-12-14-30(17-21(19)15-22)13-11-18-5-9-23(10-6-18)28-26(31)25-16-20-3-1-2-4-24(20)29-25/h1-4,7-8,15-16,18,23,29H,5-6,9-14,17H2,(H,28,31). The molecule has 0 bridgehead atoms. The van der Waals surface area contributed by atoms with Crippen LogP contribution < -0.4 is 5.32 Å². The Bertz CT molecular complexity index is 1030. The van der Waals surface area contributed by atoms with Gasteiger partial charge in [0.2, 0.25) is 0 Å². The van der Waals surface area contributed by atoms with E-state index in [9.17, 15) is 9.18 Å². The SMILES string of the molecule is O=C(NC1CCC(CCN2CCc3ccc(F)cc3C2)CC1)c1cc2ccccc2[nH]1. The van der Waals surface area contributed by atoms with Gasteiger partial charge in [0.05, 0.1) is 0 Å². The summed E-state index contributed by atoms with van der Waals surface area (Å²) in [5.74, 6) is 0.586. The molecule has 2 N–H and O–H groups in total. The fourth-order valence-corrected chi connectivity index (χ4v) is 5.19. The number of aromatic amines is 1. The van der Waals surface area contributed by atoms with Crippen molar-refractivity contribution in [1.82, 2.24) is 15.2 Å². The molecule has 1 saturated carbocycles. The van der Waals surface area contributed by atoms with Crippen LogP contribution in [-0.2, 0) is 13.0 Å². The van der Waals surface area contributed by atoms with Crippen LogP contribution in [0.1, 0.15) is 53.7 Å². The van der Waals surface area contributed by atoms with E-state index in [2.05, 4.69) is 15.2 Å². The summed E-state index contributed by atoms with van der Waals surface area (Å²) in [4.78, 5) is 18.3. The van der Waals surface area contributed by atoms with Gasteiger partial charge in [-0.25, -0.2) is 4.39 Å². The maximum absolute atomic E-state index is 13.5. The Balaban J connectivity index is 1.07. The number of nitrogens with one attached hydrogen (secondary N) is 2. The highest BCUT2D eigenvalue weighted by molar-refractivity contribution is 5.98. The molecular formula is C26H30FN3O. The van der Waals surface area contributed by atoms with Crippen molar-refractivity contribution in [2.75, 3.05) is 13.1 Å². The lowest BCUT2D eigenvalue weighted by molar-refractivity contribution is 0.0915. The zero-order chi connectivity index (χ0) is 21.2. The van der Waals surface area contributed by atoms with Crippen molar-refractivity contribution in [3.8, 4) is 0 Å². The van der Waals surface area contributed by atoms with Crippen LogP contribution in [0.15, 0.2) is 48.5 Å². The van der Waals surface area contributed by atoms with E-state index in [0.717, 1.165) is 74.1 Å². The summed E-state index contributed by atoms with van der Waals surface area (Å²) in [5.41, 5.74) is 4.09. The number of hydrogen-bond donors (Lipinski definition) is 2. The molecule has 0 spiro atoms. The van der Waals surface area contributed by atoms with Gasteiger partial charge in [-0.15, -0.1) is 0 Å². The van der Waals surface area contributed by atoms with Gasteiger partial charge in [-0.2, -0.15) is 0 Å². The minimum atomic E-state index is -0.131. The Labute approximate surface area is 182 Å². The van der Waals surface area contributed by atoms with Crippen LogP contribution in [0.3, 0.4) is 0 Å². The third-order valence-corrected chi connectivity index (χ3v) is 7.07. The summed E-state index contributed by atoms with van der Waals surface area (Å²) < 4.78 is 13.5. The second-order valence-electron chi connectivity index (χ2n) is 9.19. The second kappa shape index (κ2) is 8.83. The number of H-pyrrole nitrogens is 1. The van der Waals surface area contributed by atoms with Crippen molar-refractivity contribution in [3.63, 3.8) is 0 Å². The number of para-hydroxylation sites is 1. The van der Waals surface area contributed by atoms with Crippen LogP contribution in [0, 0.1) is 11.7 Å². The van der Waals surface area contributed by atoms with E-state index in [1.807, 2.05) is 36.4 Å². The first-order valence-corrected chi connectivity index (χ1v) is 11.5. The number of fused-ring (bicyclic) bond motifs is 2. The molecular weight excluding hydrogens is 389 g/mol. The molecule has 1 aromatic heterocycles. The van der Waals surface area contributed by atoms with Gasteiger partial charge in [-0.1, -0.05) is 24.3 Å². The van der Waals surface area contributed by atoms with Crippen molar-refractivity contribution in [2.45, 2.75) is 51.1 Å². The van der Waals surface area contributed by atoms with Crippen LogP contribution in [0.2, 0.25) is 0 Å². The predicted molar refractivity (Wildman–Crippen MR) is 122 cm³/mol. The van der Waals surface area contributed by atoms with Crippen LogP contribution in [0.4, 0.5) is 4.39 Å².